The Balaban J connectivity index is 1.85. The Bertz CT molecular complexity index is 685. The summed E-state index contributed by atoms with van der Waals surface area (Å²) in [7, 11) is -3.36. The number of sulfone groups is 1. The van der Waals surface area contributed by atoms with Gasteiger partial charge in [0.1, 0.15) is 0 Å². The number of anilines is 1. The number of hydrogen-bond donors (Lipinski definition) is 2. The summed E-state index contributed by atoms with van der Waals surface area (Å²) < 4.78 is 24.0. The smallest absolute Gasteiger partial charge is 0.307 e. The third-order valence-corrected chi connectivity index (χ3v) is 6.68. The fourth-order valence-electron chi connectivity index (χ4n) is 3.46. The van der Waals surface area contributed by atoms with Gasteiger partial charge in [-0.3, -0.25) is 9.59 Å². The van der Waals surface area contributed by atoms with Crippen LogP contribution in [0.5, 0.6) is 0 Å². The number of nitrogens with one attached hydrogen (secondary N) is 1. The maximum atomic E-state index is 12.3. The highest BCUT2D eigenvalue weighted by Gasteiger charge is 2.65. The van der Waals surface area contributed by atoms with Crippen LogP contribution in [0.15, 0.2) is 30.3 Å². The second-order valence-corrected chi connectivity index (χ2v) is 7.81. The minimum Gasteiger partial charge on any atom is -0.481 e. The van der Waals surface area contributed by atoms with Crippen molar-refractivity contribution >= 4 is 27.4 Å². The van der Waals surface area contributed by atoms with Gasteiger partial charge in [-0.1, -0.05) is 18.2 Å². The maximum Gasteiger partial charge on any atom is 0.307 e. The van der Waals surface area contributed by atoms with Gasteiger partial charge in [-0.15, -0.1) is 0 Å². The summed E-state index contributed by atoms with van der Waals surface area (Å²) >= 11 is 0. The van der Waals surface area contributed by atoms with Crippen molar-refractivity contribution in [3.63, 3.8) is 0 Å². The summed E-state index contributed by atoms with van der Waals surface area (Å²) in [6.07, 6.45) is 0.332. The lowest BCUT2D eigenvalue weighted by Gasteiger charge is -2.43. The molecule has 0 spiro atoms. The molecule has 112 valence electrons. The van der Waals surface area contributed by atoms with E-state index in [1.54, 1.807) is 30.3 Å². The second-order valence-electron chi connectivity index (χ2n) is 5.53. The Morgan fingerprint density at radius 2 is 1.81 bits per heavy atom. The molecule has 1 aliphatic heterocycles. The van der Waals surface area contributed by atoms with Gasteiger partial charge in [-0.25, -0.2) is 8.42 Å². The fraction of sp³-hybridized carbons (Fsp3) is 0.429. The van der Waals surface area contributed by atoms with E-state index < -0.39 is 44.7 Å². The van der Waals surface area contributed by atoms with E-state index in [0.717, 1.165) is 0 Å². The van der Waals surface area contributed by atoms with Gasteiger partial charge in [0.25, 0.3) is 0 Å². The molecule has 1 aromatic rings. The van der Waals surface area contributed by atoms with E-state index in [2.05, 4.69) is 5.32 Å². The first-order valence-corrected chi connectivity index (χ1v) is 8.43. The van der Waals surface area contributed by atoms with Crippen LogP contribution in [0.3, 0.4) is 0 Å². The second kappa shape index (κ2) is 4.84. The van der Waals surface area contributed by atoms with E-state index in [1.165, 1.54) is 0 Å². The molecule has 4 atom stereocenters. The molecule has 21 heavy (non-hydrogen) atoms. The lowest BCUT2D eigenvalue weighted by Crippen LogP contribution is -2.58. The summed E-state index contributed by atoms with van der Waals surface area (Å²) in [5, 5.41) is 11.0. The molecule has 1 amide bonds. The first kappa shape index (κ1) is 14.1. The number of aliphatic carboxylic acids is 1. The molecule has 0 aromatic heterocycles. The molecule has 1 aromatic carbocycles. The zero-order valence-corrected chi connectivity index (χ0v) is 11.9. The molecule has 6 nitrogen and oxygen atoms in total. The highest BCUT2D eigenvalue weighted by atomic mass is 32.2. The first-order chi connectivity index (χ1) is 9.92. The summed E-state index contributed by atoms with van der Waals surface area (Å²) in [5.41, 5.74) is 0.533. The molecule has 2 fully saturated rings. The third kappa shape index (κ3) is 2.21. The predicted molar refractivity (Wildman–Crippen MR) is 75.4 cm³/mol. The number of para-hydroxylation sites is 1. The van der Waals surface area contributed by atoms with Crippen LogP contribution in [0.2, 0.25) is 0 Å². The Labute approximate surface area is 122 Å². The van der Waals surface area contributed by atoms with Crippen molar-refractivity contribution in [2.24, 2.45) is 17.8 Å². The van der Waals surface area contributed by atoms with Crippen molar-refractivity contribution in [1.29, 1.82) is 0 Å². The first-order valence-electron chi connectivity index (χ1n) is 6.72. The predicted octanol–water partition coefficient (Wildman–Crippen LogP) is 0.759. The van der Waals surface area contributed by atoms with Gasteiger partial charge in [0, 0.05) is 5.69 Å². The van der Waals surface area contributed by atoms with Crippen molar-refractivity contribution in [3.8, 4) is 0 Å². The average Bonchev–Trinajstić information content (AvgIpc) is 2.61. The van der Waals surface area contributed by atoms with Gasteiger partial charge in [-0.2, -0.15) is 0 Å². The van der Waals surface area contributed by atoms with E-state index in [-0.39, 0.29) is 5.75 Å². The summed E-state index contributed by atoms with van der Waals surface area (Å²) in [4.78, 5) is 23.6. The summed E-state index contributed by atoms with van der Waals surface area (Å²) in [6.45, 7) is 0. The van der Waals surface area contributed by atoms with Gasteiger partial charge < -0.3 is 10.4 Å². The normalized spacial score (nSPS) is 32.8. The molecule has 0 radical (unpaired) electrons. The van der Waals surface area contributed by atoms with Crippen LogP contribution >= 0.6 is 0 Å². The number of carbonyl (C=O) groups is 2. The van der Waals surface area contributed by atoms with Crippen molar-refractivity contribution in [1.82, 2.24) is 0 Å². The molecule has 1 heterocycles. The van der Waals surface area contributed by atoms with Crippen LogP contribution in [-0.4, -0.2) is 36.4 Å². The Hall–Kier alpha value is -1.89. The van der Waals surface area contributed by atoms with Gasteiger partial charge in [0.15, 0.2) is 9.84 Å². The number of amides is 1. The number of fused-ring (bicyclic) bond motifs is 1. The zero-order chi connectivity index (χ0) is 15.2. The number of rotatable bonds is 3. The van der Waals surface area contributed by atoms with Crippen molar-refractivity contribution in [2.75, 3.05) is 11.1 Å². The van der Waals surface area contributed by atoms with Crippen molar-refractivity contribution < 1.29 is 23.1 Å². The Morgan fingerprint density at radius 3 is 2.43 bits per heavy atom. The van der Waals surface area contributed by atoms with E-state index in [0.29, 0.717) is 12.1 Å². The zero-order valence-electron chi connectivity index (χ0n) is 11.1. The molecule has 1 aliphatic carbocycles. The van der Waals surface area contributed by atoms with Crippen LogP contribution in [-0.2, 0) is 19.4 Å². The summed E-state index contributed by atoms with van der Waals surface area (Å²) in [5.74, 6) is -3.99. The van der Waals surface area contributed by atoms with E-state index in [9.17, 15) is 23.1 Å². The molecule has 2 aliphatic rings. The number of carboxylic acids is 1. The number of benzene rings is 1. The standard InChI is InChI=1S/C14H15NO5S/c16-13(15-8-4-2-1-3-5-8)11-10(14(17)18)9-6-7-21(19,20)12(9)11/h1-5,9-12H,6-7H2,(H,15,16)(H,17,18)/t9-,10?,11?,12-/m1/s1. The van der Waals surface area contributed by atoms with Crippen LogP contribution in [0.4, 0.5) is 5.69 Å². The SMILES string of the molecule is O=C(O)C1C(C(=O)Nc2ccccc2)[C@H]2[C@@H]1CCS2(=O)=O. The molecule has 2 unspecified atom stereocenters. The van der Waals surface area contributed by atoms with Gasteiger partial charge in [0.2, 0.25) is 5.91 Å². The van der Waals surface area contributed by atoms with E-state index >= 15 is 0 Å². The monoisotopic (exact) mass is 309 g/mol. The maximum absolute atomic E-state index is 12.3. The van der Waals surface area contributed by atoms with Crippen LogP contribution in [0.25, 0.3) is 0 Å². The van der Waals surface area contributed by atoms with Crippen LogP contribution in [0.1, 0.15) is 6.42 Å². The molecular weight excluding hydrogens is 294 g/mol. The quantitative estimate of drug-likeness (QED) is 0.858. The number of carbonyl (C=O) groups excluding carboxylic acids is 1. The Kier molecular flexibility index (Phi) is 3.24. The van der Waals surface area contributed by atoms with Crippen molar-refractivity contribution in [2.45, 2.75) is 11.7 Å². The topological polar surface area (TPSA) is 101 Å². The van der Waals surface area contributed by atoms with Gasteiger partial charge >= 0.3 is 5.97 Å². The minimum atomic E-state index is -3.36. The van der Waals surface area contributed by atoms with Crippen LogP contribution in [0, 0.1) is 17.8 Å². The lowest BCUT2D eigenvalue weighted by molar-refractivity contribution is -0.155. The highest BCUT2D eigenvalue weighted by molar-refractivity contribution is 7.92. The lowest BCUT2D eigenvalue weighted by atomic mass is 9.63. The molecule has 7 heteroatoms. The molecule has 2 N–H and O–H groups in total. The Morgan fingerprint density at radius 1 is 1.14 bits per heavy atom. The number of carboxylic acid groups (broad SMARTS) is 1. The molecular formula is C14H15NO5S. The average molecular weight is 309 g/mol. The largest absolute Gasteiger partial charge is 0.481 e. The molecule has 1 saturated heterocycles. The van der Waals surface area contributed by atoms with Gasteiger partial charge in [0.05, 0.1) is 22.8 Å². The third-order valence-electron chi connectivity index (χ3n) is 4.40. The minimum absolute atomic E-state index is 0.0266. The van der Waals surface area contributed by atoms with Crippen molar-refractivity contribution in [3.05, 3.63) is 30.3 Å². The van der Waals surface area contributed by atoms with E-state index in [1.807, 2.05) is 0 Å². The van der Waals surface area contributed by atoms with Gasteiger partial charge in [-0.05, 0) is 24.5 Å². The molecule has 3 rings (SSSR count). The fourth-order valence-corrected chi connectivity index (χ4v) is 5.91. The highest BCUT2D eigenvalue weighted by Crippen LogP contribution is 2.52. The number of hydrogen-bond acceptors (Lipinski definition) is 4. The van der Waals surface area contributed by atoms with E-state index in [4.69, 9.17) is 0 Å². The molecule has 1 saturated carbocycles. The summed E-state index contributed by atoms with van der Waals surface area (Å²) in [6, 6.07) is 8.61. The molecule has 0 bridgehead atoms. The van der Waals surface area contributed by atoms with Crippen LogP contribution < -0.4 is 5.32 Å².